The molecule has 0 aromatic carbocycles. The molecule has 3 rings (SSSR count). The number of nitrogens with one attached hydrogen (secondary N) is 2. The van der Waals surface area contributed by atoms with Gasteiger partial charge in [0, 0.05) is 38.3 Å². The van der Waals surface area contributed by atoms with Crippen molar-refractivity contribution < 1.29 is 9.53 Å². The zero-order valence-electron chi connectivity index (χ0n) is 12.4. The van der Waals surface area contributed by atoms with Crippen LogP contribution in [0, 0.1) is 11.8 Å². The molecule has 4 nitrogen and oxygen atoms in total. The average molecular weight is 280 g/mol. The maximum Gasteiger partial charge on any atom is 0.220 e. The van der Waals surface area contributed by atoms with Gasteiger partial charge >= 0.3 is 0 Å². The van der Waals surface area contributed by atoms with Gasteiger partial charge in [-0.3, -0.25) is 4.79 Å². The van der Waals surface area contributed by atoms with E-state index in [1.54, 1.807) is 0 Å². The van der Waals surface area contributed by atoms with E-state index in [9.17, 15) is 4.79 Å². The van der Waals surface area contributed by atoms with Gasteiger partial charge in [-0.15, -0.1) is 0 Å². The van der Waals surface area contributed by atoms with E-state index in [1.165, 1.54) is 38.5 Å². The first-order chi connectivity index (χ1) is 9.79. The van der Waals surface area contributed by atoms with Crippen LogP contribution in [0.1, 0.15) is 51.4 Å². The first-order valence-electron chi connectivity index (χ1n) is 8.40. The Kier molecular flexibility index (Phi) is 4.94. The fourth-order valence-corrected chi connectivity index (χ4v) is 3.61. The van der Waals surface area contributed by atoms with Crippen molar-refractivity contribution in [2.24, 2.45) is 11.8 Å². The second-order valence-electron chi connectivity index (χ2n) is 6.90. The van der Waals surface area contributed by atoms with E-state index < -0.39 is 0 Å². The molecule has 1 saturated carbocycles. The van der Waals surface area contributed by atoms with E-state index >= 15 is 0 Å². The quantitative estimate of drug-likeness (QED) is 0.667. The van der Waals surface area contributed by atoms with E-state index in [4.69, 9.17) is 4.74 Å². The summed E-state index contributed by atoms with van der Waals surface area (Å²) in [5.74, 6) is 1.67. The summed E-state index contributed by atoms with van der Waals surface area (Å²) in [4.78, 5) is 11.9. The third-order valence-electron chi connectivity index (χ3n) is 4.88. The Bertz CT molecular complexity index is 318. The molecule has 2 heterocycles. The molecule has 0 aromatic heterocycles. The molecule has 0 aromatic rings. The second-order valence-corrected chi connectivity index (χ2v) is 6.90. The number of fused-ring (bicyclic) bond motifs is 2. The molecule has 4 heteroatoms. The van der Waals surface area contributed by atoms with Gasteiger partial charge in [-0.2, -0.15) is 0 Å². The smallest absolute Gasteiger partial charge is 0.220 e. The Labute approximate surface area is 122 Å². The van der Waals surface area contributed by atoms with Crippen LogP contribution < -0.4 is 10.6 Å². The largest absolute Gasteiger partial charge is 0.381 e. The fraction of sp³-hybridized carbons (Fsp3) is 0.938. The number of hydrogen-bond donors (Lipinski definition) is 2. The molecule has 2 atom stereocenters. The molecule has 2 aliphatic heterocycles. The average Bonchev–Trinajstić information content (AvgIpc) is 3.19. The van der Waals surface area contributed by atoms with E-state index in [0.717, 1.165) is 38.5 Å². The molecule has 2 saturated heterocycles. The van der Waals surface area contributed by atoms with Crippen molar-refractivity contribution >= 4 is 5.91 Å². The summed E-state index contributed by atoms with van der Waals surface area (Å²) < 4.78 is 5.57. The summed E-state index contributed by atoms with van der Waals surface area (Å²) in [5.41, 5.74) is 0. The molecule has 0 spiro atoms. The van der Waals surface area contributed by atoms with Crippen molar-refractivity contribution in [2.75, 3.05) is 19.8 Å². The topological polar surface area (TPSA) is 50.4 Å². The van der Waals surface area contributed by atoms with Crippen LogP contribution in [0.25, 0.3) is 0 Å². The molecule has 0 radical (unpaired) electrons. The Balaban J connectivity index is 1.22. The monoisotopic (exact) mass is 280 g/mol. The van der Waals surface area contributed by atoms with Crippen molar-refractivity contribution in [3.63, 3.8) is 0 Å². The van der Waals surface area contributed by atoms with Crippen molar-refractivity contribution in [2.45, 2.75) is 63.5 Å². The lowest BCUT2D eigenvalue weighted by atomic mass is 9.89. The standard InChI is InChI=1S/C16H28N2O2/c19-16(17-6-1-7-20-11-12-2-3-12)10-13-8-14-4-5-15(9-13)18-14/h12-15,18H,1-11H2,(H,17,19). The number of ether oxygens (including phenoxy) is 1. The molecular formula is C16H28N2O2. The summed E-state index contributed by atoms with van der Waals surface area (Å²) in [6.45, 7) is 2.47. The summed E-state index contributed by atoms with van der Waals surface area (Å²) in [7, 11) is 0. The minimum absolute atomic E-state index is 0.235. The van der Waals surface area contributed by atoms with Crippen molar-refractivity contribution in [3.05, 3.63) is 0 Å². The first-order valence-corrected chi connectivity index (χ1v) is 8.40. The normalized spacial score (nSPS) is 32.3. The van der Waals surface area contributed by atoms with Crippen molar-refractivity contribution in [1.29, 1.82) is 0 Å². The van der Waals surface area contributed by atoms with Crippen LogP contribution in [0.2, 0.25) is 0 Å². The van der Waals surface area contributed by atoms with Crippen LogP contribution in [-0.4, -0.2) is 37.7 Å². The van der Waals surface area contributed by atoms with E-state index in [-0.39, 0.29) is 5.91 Å². The third-order valence-corrected chi connectivity index (χ3v) is 4.88. The van der Waals surface area contributed by atoms with Gasteiger partial charge in [-0.1, -0.05) is 0 Å². The number of carbonyl (C=O) groups excluding carboxylic acids is 1. The number of rotatable bonds is 8. The maximum atomic E-state index is 11.9. The van der Waals surface area contributed by atoms with Gasteiger partial charge in [0.25, 0.3) is 0 Å². The van der Waals surface area contributed by atoms with Crippen LogP contribution in [0.4, 0.5) is 0 Å². The molecule has 3 fully saturated rings. The Hall–Kier alpha value is -0.610. The molecule has 2 unspecified atom stereocenters. The van der Waals surface area contributed by atoms with Gasteiger partial charge in [-0.25, -0.2) is 0 Å². The van der Waals surface area contributed by atoms with Gasteiger partial charge in [0.15, 0.2) is 0 Å². The van der Waals surface area contributed by atoms with Gasteiger partial charge in [0.2, 0.25) is 5.91 Å². The molecule has 1 amide bonds. The lowest BCUT2D eigenvalue weighted by molar-refractivity contribution is -0.122. The van der Waals surface area contributed by atoms with E-state index in [1.807, 2.05) is 0 Å². The van der Waals surface area contributed by atoms with Crippen LogP contribution in [0.15, 0.2) is 0 Å². The van der Waals surface area contributed by atoms with Gasteiger partial charge in [0.05, 0.1) is 0 Å². The molecule has 2 bridgehead atoms. The first kappa shape index (κ1) is 14.3. The highest BCUT2D eigenvalue weighted by molar-refractivity contribution is 5.76. The number of amides is 1. The molecule has 2 N–H and O–H groups in total. The number of hydrogen-bond acceptors (Lipinski definition) is 3. The predicted molar refractivity (Wildman–Crippen MR) is 78.5 cm³/mol. The number of carbonyl (C=O) groups is 1. The van der Waals surface area contributed by atoms with Crippen LogP contribution in [-0.2, 0) is 9.53 Å². The lowest BCUT2D eigenvalue weighted by Crippen LogP contribution is -2.39. The number of piperidine rings is 1. The zero-order valence-corrected chi connectivity index (χ0v) is 12.4. The highest BCUT2D eigenvalue weighted by atomic mass is 16.5. The van der Waals surface area contributed by atoms with E-state index in [2.05, 4.69) is 10.6 Å². The minimum atomic E-state index is 0.235. The Morgan fingerprint density at radius 3 is 2.55 bits per heavy atom. The Morgan fingerprint density at radius 1 is 1.10 bits per heavy atom. The summed E-state index contributed by atoms with van der Waals surface area (Å²) in [6, 6.07) is 1.37. The van der Waals surface area contributed by atoms with Gasteiger partial charge in [-0.05, 0) is 56.8 Å². The molecule has 20 heavy (non-hydrogen) atoms. The van der Waals surface area contributed by atoms with Crippen LogP contribution in [0.5, 0.6) is 0 Å². The fourth-order valence-electron chi connectivity index (χ4n) is 3.61. The van der Waals surface area contributed by atoms with Crippen molar-refractivity contribution in [1.82, 2.24) is 10.6 Å². The second kappa shape index (κ2) is 6.90. The van der Waals surface area contributed by atoms with Crippen LogP contribution >= 0.6 is 0 Å². The van der Waals surface area contributed by atoms with Crippen LogP contribution in [0.3, 0.4) is 0 Å². The van der Waals surface area contributed by atoms with Crippen molar-refractivity contribution in [3.8, 4) is 0 Å². The predicted octanol–water partition coefficient (Wildman–Crippen LogP) is 1.84. The maximum absolute atomic E-state index is 11.9. The minimum Gasteiger partial charge on any atom is -0.381 e. The summed E-state index contributed by atoms with van der Waals surface area (Å²) in [6.07, 6.45) is 9.34. The van der Waals surface area contributed by atoms with Gasteiger partial charge < -0.3 is 15.4 Å². The lowest BCUT2D eigenvalue weighted by Gasteiger charge is -2.28. The highest BCUT2D eigenvalue weighted by Crippen LogP contribution is 2.32. The zero-order chi connectivity index (χ0) is 13.8. The summed E-state index contributed by atoms with van der Waals surface area (Å²) in [5, 5.41) is 6.67. The molecular weight excluding hydrogens is 252 g/mol. The van der Waals surface area contributed by atoms with E-state index in [0.29, 0.717) is 18.0 Å². The molecule has 3 aliphatic rings. The molecule has 114 valence electrons. The summed E-state index contributed by atoms with van der Waals surface area (Å²) >= 11 is 0. The Morgan fingerprint density at radius 2 is 1.85 bits per heavy atom. The van der Waals surface area contributed by atoms with Gasteiger partial charge in [0.1, 0.15) is 0 Å². The molecule has 1 aliphatic carbocycles. The highest BCUT2D eigenvalue weighted by Gasteiger charge is 2.34. The SMILES string of the molecule is O=C(CC1CC2CCC(C1)N2)NCCCOCC1CC1. The third kappa shape index (κ3) is 4.45.